The van der Waals surface area contributed by atoms with Crippen LogP contribution in [0.25, 0.3) is 0 Å². The van der Waals surface area contributed by atoms with Crippen molar-refractivity contribution in [2.24, 2.45) is 5.92 Å². The van der Waals surface area contributed by atoms with Crippen LogP contribution in [0.3, 0.4) is 0 Å². The van der Waals surface area contributed by atoms with Crippen LogP contribution in [-0.2, 0) is 9.53 Å². The van der Waals surface area contributed by atoms with Gasteiger partial charge in [0.25, 0.3) is 5.91 Å². The van der Waals surface area contributed by atoms with Crippen molar-refractivity contribution in [1.82, 2.24) is 0 Å². The lowest BCUT2D eigenvalue weighted by molar-refractivity contribution is -0.139. The highest BCUT2D eigenvalue weighted by molar-refractivity contribution is 5.98. The molecule has 0 radical (unpaired) electrons. The number of alkyl halides is 3. The molecule has 1 aromatic rings. The average Bonchev–Trinajstić information content (AvgIpc) is 2.89. The normalized spacial score (nSPS) is 21.7. The lowest BCUT2D eigenvalue weighted by Crippen LogP contribution is -2.46. The zero-order valence-corrected chi connectivity index (χ0v) is 12.4. The van der Waals surface area contributed by atoms with Gasteiger partial charge in [-0.15, -0.1) is 0 Å². The summed E-state index contributed by atoms with van der Waals surface area (Å²) >= 11 is 0. The molecule has 1 aliphatic rings. The van der Waals surface area contributed by atoms with Crippen LogP contribution >= 0.6 is 0 Å². The first-order chi connectivity index (χ1) is 10.3. The Bertz CT molecular complexity index is 533. The number of halogens is 3. The number of carbonyl (C=O) groups is 1. The van der Waals surface area contributed by atoms with Gasteiger partial charge in [-0.05, 0) is 24.5 Å². The number of nitrogens with zero attached hydrogens (tertiary/aromatic N) is 1. The lowest BCUT2D eigenvalue weighted by atomic mass is 10.0. The van der Waals surface area contributed by atoms with E-state index in [0.29, 0.717) is 17.9 Å². The molecule has 0 spiro atoms. The van der Waals surface area contributed by atoms with Gasteiger partial charge in [-0.3, -0.25) is 9.69 Å². The second kappa shape index (κ2) is 6.56. The Morgan fingerprint density at radius 3 is 2.64 bits per heavy atom. The zero-order chi connectivity index (χ0) is 16.3. The monoisotopic (exact) mass is 317 g/mol. The summed E-state index contributed by atoms with van der Waals surface area (Å²) in [7, 11) is 1.35. The van der Waals surface area contributed by atoms with E-state index in [4.69, 9.17) is 9.47 Å². The van der Waals surface area contributed by atoms with Crippen LogP contribution < -0.4 is 9.64 Å². The molecule has 1 aliphatic heterocycles. The van der Waals surface area contributed by atoms with E-state index in [1.54, 1.807) is 19.1 Å². The first-order valence-electron chi connectivity index (χ1n) is 6.96. The predicted molar refractivity (Wildman–Crippen MR) is 74.9 cm³/mol. The van der Waals surface area contributed by atoms with E-state index in [2.05, 4.69) is 0 Å². The van der Waals surface area contributed by atoms with Crippen molar-refractivity contribution in [3.63, 3.8) is 0 Å². The largest absolute Gasteiger partial charge is 0.495 e. The second-order valence-corrected chi connectivity index (χ2v) is 5.27. The van der Waals surface area contributed by atoms with Gasteiger partial charge < -0.3 is 9.47 Å². The highest BCUT2D eigenvalue weighted by Gasteiger charge is 2.40. The highest BCUT2D eigenvalue weighted by Crippen LogP contribution is 2.33. The third-order valence-corrected chi connectivity index (χ3v) is 3.61. The number of hydrogen-bond donors (Lipinski definition) is 0. The summed E-state index contributed by atoms with van der Waals surface area (Å²) in [6, 6.07) is 6.15. The van der Waals surface area contributed by atoms with Gasteiger partial charge in [0.15, 0.2) is 0 Å². The molecule has 0 bridgehead atoms. The van der Waals surface area contributed by atoms with Gasteiger partial charge in [-0.1, -0.05) is 19.1 Å². The molecular weight excluding hydrogens is 299 g/mol. The van der Waals surface area contributed by atoms with Crippen molar-refractivity contribution < 1.29 is 27.4 Å². The minimum atomic E-state index is -4.52. The van der Waals surface area contributed by atoms with Gasteiger partial charge in [0.05, 0.1) is 12.8 Å². The molecule has 2 atom stereocenters. The quantitative estimate of drug-likeness (QED) is 0.857. The molecule has 1 aromatic carbocycles. The maximum absolute atomic E-state index is 12.9. The van der Waals surface area contributed by atoms with Crippen LogP contribution in [0.1, 0.15) is 13.3 Å². The number of anilines is 1. The molecule has 0 aromatic heterocycles. The molecule has 0 N–H and O–H groups in total. The summed E-state index contributed by atoms with van der Waals surface area (Å²) in [5.74, 6) is -0.587. The first kappa shape index (κ1) is 16.6. The van der Waals surface area contributed by atoms with Crippen LogP contribution in [0.4, 0.5) is 18.9 Å². The summed E-state index contributed by atoms with van der Waals surface area (Å²) in [6.45, 7) is 0.797. The van der Waals surface area contributed by atoms with Crippen molar-refractivity contribution >= 4 is 11.6 Å². The Kier molecular flexibility index (Phi) is 4.95. The lowest BCUT2D eigenvalue weighted by Gasteiger charge is -2.28. The predicted octanol–water partition coefficient (Wildman–Crippen LogP) is 3.02. The third-order valence-electron chi connectivity index (χ3n) is 3.61. The molecule has 22 heavy (non-hydrogen) atoms. The fourth-order valence-electron chi connectivity index (χ4n) is 2.48. The Balaban J connectivity index is 2.36. The van der Waals surface area contributed by atoms with Crippen molar-refractivity contribution in [3.8, 4) is 5.75 Å². The Hall–Kier alpha value is -1.76. The molecule has 0 aliphatic carbocycles. The van der Waals surface area contributed by atoms with Gasteiger partial charge in [-0.25, -0.2) is 0 Å². The van der Waals surface area contributed by atoms with Crippen LogP contribution in [0.2, 0.25) is 0 Å². The molecular formula is C15H18F3NO3. The minimum absolute atomic E-state index is 0.0926. The minimum Gasteiger partial charge on any atom is -0.495 e. The van der Waals surface area contributed by atoms with Gasteiger partial charge in [0.1, 0.15) is 18.4 Å². The fourth-order valence-corrected chi connectivity index (χ4v) is 2.48. The standard InChI is InChI=1S/C15H18F3NO3/c1-10-7-8-22-13(10)14(20)19(9-15(16,17)18)11-5-3-4-6-12(11)21-2/h3-6,10,13H,7-9H2,1-2H3/t10-,13+/m0/s1. The molecule has 7 heteroatoms. The highest BCUT2D eigenvalue weighted by atomic mass is 19.4. The van der Waals surface area contributed by atoms with E-state index < -0.39 is 24.7 Å². The summed E-state index contributed by atoms with van der Waals surface area (Å²) in [4.78, 5) is 13.2. The molecule has 122 valence electrons. The number of ether oxygens (including phenoxy) is 2. The van der Waals surface area contributed by atoms with Crippen molar-refractivity contribution in [2.75, 3.05) is 25.2 Å². The van der Waals surface area contributed by atoms with E-state index in [9.17, 15) is 18.0 Å². The maximum atomic E-state index is 12.9. The molecule has 0 unspecified atom stereocenters. The smallest absolute Gasteiger partial charge is 0.406 e. The number of hydrogen-bond acceptors (Lipinski definition) is 3. The molecule has 1 heterocycles. The first-order valence-corrected chi connectivity index (χ1v) is 6.96. The topological polar surface area (TPSA) is 38.8 Å². The van der Waals surface area contributed by atoms with E-state index in [1.807, 2.05) is 0 Å². The second-order valence-electron chi connectivity index (χ2n) is 5.27. The van der Waals surface area contributed by atoms with E-state index >= 15 is 0 Å². The fraction of sp³-hybridized carbons (Fsp3) is 0.533. The van der Waals surface area contributed by atoms with Gasteiger partial charge in [0, 0.05) is 6.61 Å². The zero-order valence-electron chi connectivity index (χ0n) is 12.4. The summed E-state index contributed by atoms with van der Waals surface area (Å²) in [5, 5.41) is 0. The molecule has 1 saturated heterocycles. The van der Waals surface area contributed by atoms with Gasteiger partial charge >= 0.3 is 6.18 Å². The van der Waals surface area contributed by atoms with Crippen molar-refractivity contribution in [3.05, 3.63) is 24.3 Å². The van der Waals surface area contributed by atoms with Crippen LogP contribution in [0.15, 0.2) is 24.3 Å². The van der Waals surface area contributed by atoms with Crippen LogP contribution in [0, 0.1) is 5.92 Å². The summed E-state index contributed by atoms with van der Waals surface area (Å²) in [5.41, 5.74) is 0.0926. The number of para-hydroxylation sites is 2. The van der Waals surface area contributed by atoms with E-state index in [-0.39, 0.29) is 17.4 Å². The Morgan fingerprint density at radius 1 is 1.41 bits per heavy atom. The van der Waals surface area contributed by atoms with Crippen LogP contribution in [0.5, 0.6) is 5.75 Å². The SMILES string of the molecule is COc1ccccc1N(CC(F)(F)F)C(=O)[C@@H]1OCC[C@@H]1C. The van der Waals surface area contributed by atoms with Gasteiger partial charge in [-0.2, -0.15) is 13.2 Å². The number of rotatable bonds is 4. The Morgan fingerprint density at radius 2 is 2.09 bits per heavy atom. The molecule has 1 fully saturated rings. The van der Waals surface area contributed by atoms with E-state index in [0.717, 1.165) is 0 Å². The molecule has 4 nitrogen and oxygen atoms in total. The van der Waals surface area contributed by atoms with Crippen molar-refractivity contribution in [2.45, 2.75) is 25.6 Å². The average molecular weight is 317 g/mol. The molecule has 0 saturated carbocycles. The number of carbonyl (C=O) groups excluding carboxylic acids is 1. The van der Waals surface area contributed by atoms with E-state index in [1.165, 1.54) is 19.2 Å². The van der Waals surface area contributed by atoms with Crippen molar-refractivity contribution in [1.29, 1.82) is 0 Å². The molecule has 2 rings (SSSR count). The number of benzene rings is 1. The number of methoxy groups -OCH3 is 1. The maximum Gasteiger partial charge on any atom is 0.406 e. The van der Waals surface area contributed by atoms with Gasteiger partial charge in [0.2, 0.25) is 0 Å². The summed E-state index contributed by atoms with van der Waals surface area (Å²) in [6.07, 6.45) is -4.71. The molecule has 1 amide bonds. The summed E-state index contributed by atoms with van der Waals surface area (Å²) < 4.78 is 49.1. The Labute approximate surface area is 126 Å². The van der Waals surface area contributed by atoms with Crippen LogP contribution in [-0.4, -0.2) is 38.4 Å². The number of amides is 1. The third kappa shape index (κ3) is 3.71.